The maximum Gasteiger partial charge on any atom is 0.294 e. The molecule has 2 aromatic heterocycles. The first kappa shape index (κ1) is 18.1. The number of nitrogens with zero attached hydrogens (tertiary/aromatic N) is 1. The molecule has 1 aliphatic rings. The molecule has 1 aliphatic heterocycles. The van der Waals surface area contributed by atoms with Gasteiger partial charge in [0, 0.05) is 5.69 Å². The highest BCUT2D eigenvalue weighted by Crippen LogP contribution is 2.43. The van der Waals surface area contributed by atoms with Crippen molar-refractivity contribution in [2.75, 3.05) is 12.0 Å². The third-order valence-electron chi connectivity index (χ3n) is 4.58. The molecular formula is C21H17NO5S. The maximum atomic E-state index is 13.1. The number of ether oxygens (including phenoxy) is 1. The van der Waals surface area contributed by atoms with Gasteiger partial charge in [-0.2, -0.15) is 0 Å². The van der Waals surface area contributed by atoms with E-state index >= 15 is 0 Å². The van der Waals surface area contributed by atoms with E-state index in [9.17, 15) is 14.7 Å². The smallest absolute Gasteiger partial charge is 0.294 e. The Labute approximate surface area is 165 Å². The minimum absolute atomic E-state index is 0.0117. The van der Waals surface area contributed by atoms with Gasteiger partial charge in [0.1, 0.15) is 23.3 Å². The second kappa shape index (κ2) is 7.01. The number of carbonyl (C=O) groups excluding carboxylic acids is 2. The van der Waals surface area contributed by atoms with Crippen molar-refractivity contribution in [2.45, 2.75) is 13.0 Å². The van der Waals surface area contributed by atoms with Crippen LogP contribution >= 0.6 is 11.3 Å². The Morgan fingerprint density at radius 1 is 1.18 bits per heavy atom. The quantitative estimate of drug-likeness (QED) is 0.646. The van der Waals surface area contributed by atoms with Crippen LogP contribution in [0.25, 0.3) is 0 Å². The Balaban J connectivity index is 1.84. The molecule has 4 rings (SSSR count). The third-order valence-corrected chi connectivity index (χ3v) is 5.45. The van der Waals surface area contributed by atoms with Gasteiger partial charge in [-0.05, 0) is 54.8 Å². The van der Waals surface area contributed by atoms with Gasteiger partial charge < -0.3 is 14.3 Å². The molecule has 0 spiro atoms. The summed E-state index contributed by atoms with van der Waals surface area (Å²) in [5.74, 6) is 0.0817. The fourth-order valence-electron chi connectivity index (χ4n) is 3.26. The van der Waals surface area contributed by atoms with Crippen molar-refractivity contribution in [3.05, 3.63) is 81.6 Å². The average molecular weight is 395 g/mol. The number of aliphatic hydroxyl groups is 1. The molecule has 1 aromatic carbocycles. The van der Waals surface area contributed by atoms with E-state index in [1.165, 1.54) is 16.2 Å². The first-order valence-corrected chi connectivity index (χ1v) is 9.44. The number of hydrogen-bond donors (Lipinski definition) is 1. The number of rotatable bonds is 5. The van der Waals surface area contributed by atoms with Crippen molar-refractivity contribution < 1.29 is 23.8 Å². The lowest BCUT2D eigenvalue weighted by molar-refractivity contribution is -0.117. The molecule has 7 heteroatoms. The van der Waals surface area contributed by atoms with Crippen LogP contribution < -0.4 is 9.64 Å². The number of thiophene rings is 1. The zero-order valence-electron chi connectivity index (χ0n) is 15.2. The fourth-order valence-corrected chi connectivity index (χ4v) is 3.93. The van der Waals surface area contributed by atoms with Gasteiger partial charge in [0.05, 0.1) is 17.6 Å². The van der Waals surface area contributed by atoms with Crippen LogP contribution in [0.3, 0.4) is 0 Å². The summed E-state index contributed by atoms with van der Waals surface area (Å²) >= 11 is 1.25. The summed E-state index contributed by atoms with van der Waals surface area (Å²) in [6.07, 6.45) is 0. The van der Waals surface area contributed by atoms with E-state index in [1.54, 1.807) is 67.9 Å². The predicted octanol–water partition coefficient (Wildman–Crippen LogP) is 4.44. The van der Waals surface area contributed by atoms with Gasteiger partial charge in [0.25, 0.3) is 5.91 Å². The van der Waals surface area contributed by atoms with E-state index in [1.807, 2.05) is 0 Å². The zero-order chi connectivity index (χ0) is 19.8. The molecule has 0 aliphatic carbocycles. The minimum atomic E-state index is -0.857. The predicted molar refractivity (Wildman–Crippen MR) is 105 cm³/mol. The molecule has 0 saturated heterocycles. The molecule has 0 radical (unpaired) electrons. The summed E-state index contributed by atoms with van der Waals surface area (Å²) in [6, 6.07) is 12.9. The molecule has 28 heavy (non-hydrogen) atoms. The Morgan fingerprint density at radius 2 is 1.93 bits per heavy atom. The van der Waals surface area contributed by atoms with E-state index in [2.05, 4.69) is 0 Å². The number of hydrogen-bond acceptors (Lipinski definition) is 6. The molecule has 3 aromatic rings. The number of benzene rings is 1. The lowest BCUT2D eigenvalue weighted by Crippen LogP contribution is -2.30. The van der Waals surface area contributed by atoms with Gasteiger partial charge in [-0.15, -0.1) is 11.3 Å². The molecule has 1 atom stereocenters. The maximum absolute atomic E-state index is 13.1. The van der Waals surface area contributed by atoms with Gasteiger partial charge in [-0.25, -0.2) is 0 Å². The van der Waals surface area contributed by atoms with E-state index in [0.717, 1.165) is 0 Å². The number of methoxy groups -OCH3 is 1. The highest BCUT2D eigenvalue weighted by molar-refractivity contribution is 7.12. The van der Waals surface area contributed by atoms with Crippen LogP contribution in [0.5, 0.6) is 5.75 Å². The van der Waals surface area contributed by atoms with Crippen LogP contribution in [0.1, 0.15) is 27.2 Å². The summed E-state index contributed by atoms with van der Waals surface area (Å²) < 4.78 is 10.9. The Bertz CT molecular complexity index is 1060. The summed E-state index contributed by atoms with van der Waals surface area (Å²) in [7, 11) is 1.55. The van der Waals surface area contributed by atoms with Gasteiger partial charge >= 0.3 is 0 Å². The Hall–Kier alpha value is -3.32. The van der Waals surface area contributed by atoms with Gasteiger partial charge in [0.2, 0.25) is 5.78 Å². The van der Waals surface area contributed by atoms with E-state index in [-0.39, 0.29) is 5.57 Å². The second-order valence-corrected chi connectivity index (χ2v) is 7.24. The monoisotopic (exact) mass is 395 g/mol. The van der Waals surface area contributed by atoms with Gasteiger partial charge in [-0.3, -0.25) is 14.5 Å². The average Bonchev–Trinajstić information content (AvgIpc) is 3.43. The largest absolute Gasteiger partial charge is 0.503 e. The summed E-state index contributed by atoms with van der Waals surface area (Å²) in [4.78, 5) is 27.8. The Kier molecular flexibility index (Phi) is 4.52. The Morgan fingerprint density at radius 3 is 2.50 bits per heavy atom. The molecule has 1 amide bonds. The van der Waals surface area contributed by atoms with Crippen LogP contribution in [0.15, 0.2) is 69.7 Å². The normalized spacial score (nSPS) is 16.7. The van der Waals surface area contributed by atoms with E-state index in [4.69, 9.17) is 9.15 Å². The highest BCUT2D eigenvalue weighted by atomic mass is 32.1. The van der Waals surface area contributed by atoms with Crippen molar-refractivity contribution in [3.8, 4) is 5.75 Å². The summed E-state index contributed by atoms with van der Waals surface area (Å²) in [5.41, 5.74) is 0.531. The molecule has 142 valence electrons. The molecule has 1 N–H and O–H groups in total. The van der Waals surface area contributed by atoms with Crippen LogP contribution in [-0.4, -0.2) is 23.9 Å². The summed E-state index contributed by atoms with van der Waals surface area (Å²) in [6.45, 7) is 1.78. The lowest BCUT2D eigenvalue weighted by atomic mass is 10.00. The van der Waals surface area contributed by atoms with Crippen LogP contribution in [-0.2, 0) is 4.79 Å². The lowest BCUT2D eigenvalue weighted by Gasteiger charge is -2.25. The number of amides is 1. The highest BCUT2D eigenvalue weighted by Gasteiger charge is 2.46. The number of aliphatic hydroxyl groups excluding tert-OH is 1. The van der Waals surface area contributed by atoms with Gasteiger partial charge in [0.15, 0.2) is 5.76 Å². The number of Topliss-reactive ketones (excluding diaryl/α,β-unsaturated/α-hetero) is 1. The zero-order valence-corrected chi connectivity index (χ0v) is 16.0. The van der Waals surface area contributed by atoms with Crippen molar-refractivity contribution >= 4 is 28.7 Å². The van der Waals surface area contributed by atoms with E-state index < -0.39 is 23.5 Å². The first-order chi connectivity index (χ1) is 13.5. The van der Waals surface area contributed by atoms with Gasteiger partial charge in [-0.1, -0.05) is 6.07 Å². The minimum Gasteiger partial charge on any atom is -0.503 e. The van der Waals surface area contributed by atoms with Crippen LogP contribution in [0, 0.1) is 6.92 Å². The second-order valence-electron chi connectivity index (χ2n) is 6.29. The molecule has 0 bridgehead atoms. The van der Waals surface area contributed by atoms with Crippen molar-refractivity contribution in [2.24, 2.45) is 0 Å². The van der Waals surface area contributed by atoms with Crippen LogP contribution in [0.4, 0.5) is 5.69 Å². The number of ketones is 1. The molecular weight excluding hydrogens is 378 g/mol. The topological polar surface area (TPSA) is 80.0 Å². The molecule has 6 nitrogen and oxygen atoms in total. The number of carbonyl (C=O) groups is 2. The molecule has 0 fully saturated rings. The SMILES string of the molecule is COc1ccc(N2C(=O)C(O)=C(C(=O)c3cccs3)C2c2ccc(C)o2)cc1. The van der Waals surface area contributed by atoms with Crippen molar-refractivity contribution in [3.63, 3.8) is 0 Å². The molecule has 0 saturated carbocycles. The number of aryl methyl sites for hydroxylation is 1. The van der Waals surface area contributed by atoms with Crippen molar-refractivity contribution in [1.82, 2.24) is 0 Å². The third kappa shape index (κ3) is 2.90. The standard InChI is InChI=1S/C21H17NO5S/c1-12-5-10-15(27-12)18-17(19(23)16-4-3-11-28-16)20(24)21(25)22(18)13-6-8-14(26-2)9-7-13/h3-11,18,24H,1-2H3. The molecule has 3 heterocycles. The number of furan rings is 1. The fraction of sp³-hybridized carbons (Fsp3) is 0.143. The van der Waals surface area contributed by atoms with Crippen LogP contribution in [0.2, 0.25) is 0 Å². The first-order valence-electron chi connectivity index (χ1n) is 8.56. The number of anilines is 1. The summed E-state index contributed by atoms with van der Waals surface area (Å²) in [5, 5.41) is 12.4. The van der Waals surface area contributed by atoms with E-state index in [0.29, 0.717) is 27.8 Å². The van der Waals surface area contributed by atoms with Crippen molar-refractivity contribution in [1.29, 1.82) is 0 Å². The molecule has 1 unspecified atom stereocenters.